The standard InChI is InChI=1S/C15H23N3O2/c1-15(2,3)20-14(19)18-12-6-8-17-13(9-12)11-5-4-7-16-10-11/h6,8-9,11,16H,4-5,7,10H2,1-3H3,(H,17,18,19). The van der Waals surface area contributed by atoms with Crippen molar-refractivity contribution in [3.8, 4) is 0 Å². The van der Waals surface area contributed by atoms with Gasteiger partial charge < -0.3 is 10.1 Å². The Kier molecular flexibility index (Phi) is 4.60. The normalized spacial score (nSPS) is 19.4. The maximum absolute atomic E-state index is 11.7. The van der Waals surface area contributed by atoms with E-state index in [0.29, 0.717) is 5.92 Å². The van der Waals surface area contributed by atoms with E-state index in [1.807, 2.05) is 26.8 Å². The highest BCUT2D eigenvalue weighted by molar-refractivity contribution is 5.84. The Morgan fingerprint density at radius 3 is 2.95 bits per heavy atom. The van der Waals surface area contributed by atoms with E-state index in [2.05, 4.69) is 15.6 Å². The molecule has 1 aromatic rings. The Bertz CT molecular complexity index is 462. The number of carbonyl (C=O) groups is 1. The van der Waals surface area contributed by atoms with Gasteiger partial charge in [-0.15, -0.1) is 0 Å². The second kappa shape index (κ2) is 6.22. The van der Waals surface area contributed by atoms with E-state index in [-0.39, 0.29) is 0 Å². The molecule has 0 spiro atoms. The largest absolute Gasteiger partial charge is 0.444 e. The lowest BCUT2D eigenvalue weighted by Crippen LogP contribution is -2.29. The summed E-state index contributed by atoms with van der Waals surface area (Å²) < 4.78 is 5.24. The SMILES string of the molecule is CC(C)(C)OC(=O)Nc1ccnc(C2CCCNC2)c1. The van der Waals surface area contributed by atoms with Crippen LogP contribution in [0.5, 0.6) is 0 Å². The summed E-state index contributed by atoms with van der Waals surface area (Å²) in [4.78, 5) is 16.2. The number of piperidine rings is 1. The van der Waals surface area contributed by atoms with Crippen LogP contribution in [-0.2, 0) is 4.74 Å². The molecule has 1 amide bonds. The van der Waals surface area contributed by atoms with Crippen molar-refractivity contribution in [3.05, 3.63) is 24.0 Å². The van der Waals surface area contributed by atoms with E-state index in [1.54, 1.807) is 12.3 Å². The highest BCUT2D eigenvalue weighted by atomic mass is 16.6. The lowest BCUT2D eigenvalue weighted by molar-refractivity contribution is 0.0636. The number of nitrogens with zero attached hydrogens (tertiary/aromatic N) is 1. The van der Waals surface area contributed by atoms with Gasteiger partial charge in [0.15, 0.2) is 0 Å². The summed E-state index contributed by atoms with van der Waals surface area (Å²) in [7, 11) is 0. The fourth-order valence-electron chi connectivity index (χ4n) is 2.28. The van der Waals surface area contributed by atoms with E-state index >= 15 is 0 Å². The summed E-state index contributed by atoms with van der Waals surface area (Å²) in [5, 5.41) is 6.13. The summed E-state index contributed by atoms with van der Waals surface area (Å²) in [5.41, 5.74) is 1.26. The van der Waals surface area contributed by atoms with Gasteiger partial charge in [-0.25, -0.2) is 4.79 Å². The van der Waals surface area contributed by atoms with Crippen molar-refractivity contribution in [2.45, 2.75) is 45.1 Å². The highest BCUT2D eigenvalue weighted by Gasteiger charge is 2.18. The lowest BCUT2D eigenvalue weighted by Gasteiger charge is -2.23. The average molecular weight is 277 g/mol. The summed E-state index contributed by atoms with van der Waals surface area (Å²) in [5.74, 6) is 0.420. The zero-order valence-corrected chi connectivity index (χ0v) is 12.4. The van der Waals surface area contributed by atoms with Gasteiger partial charge in [0.2, 0.25) is 0 Å². The third kappa shape index (κ3) is 4.49. The first-order valence-corrected chi connectivity index (χ1v) is 7.11. The number of carbonyl (C=O) groups excluding carboxylic acids is 1. The van der Waals surface area contributed by atoms with Gasteiger partial charge in [-0.2, -0.15) is 0 Å². The minimum absolute atomic E-state index is 0.420. The number of nitrogens with one attached hydrogen (secondary N) is 2. The molecule has 0 aliphatic carbocycles. The lowest BCUT2D eigenvalue weighted by atomic mass is 9.95. The van der Waals surface area contributed by atoms with E-state index in [9.17, 15) is 4.79 Å². The quantitative estimate of drug-likeness (QED) is 0.872. The summed E-state index contributed by atoms with van der Waals surface area (Å²) >= 11 is 0. The molecule has 2 rings (SSSR count). The molecule has 0 saturated carbocycles. The van der Waals surface area contributed by atoms with Crippen LogP contribution in [-0.4, -0.2) is 29.8 Å². The molecule has 2 N–H and O–H groups in total. The van der Waals surface area contributed by atoms with Crippen molar-refractivity contribution in [1.82, 2.24) is 10.3 Å². The molecule has 5 heteroatoms. The Balaban J connectivity index is 2.00. The smallest absolute Gasteiger partial charge is 0.412 e. The van der Waals surface area contributed by atoms with E-state index in [0.717, 1.165) is 37.3 Å². The molecule has 110 valence electrons. The Hall–Kier alpha value is -1.62. The molecule has 1 aromatic heterocycles. The fraction of sp³-hybridized carbons (Fsp3) is 0.600. The first kappa shape index (κ1) is 14.8. The maximum atomic E-state index is 11.7. The highest BCUT2D eigenvalue weighted by Crippen LogP contribution is 2.23. The number of pyridine rings is 1. The minimum Gasteiger partial charge on any atom is -0.444 e. The number of hydrogen-bond acceptors (Lipinski definition) is 4. The van der Waals surface area contributed by atoms with Crippen LogP contribution < -0.4 is 10.6 Å². The molecule has 0 bridgehead atoms. The van der Waals surface area contributed by atoms with Gasteiger partial charge in [-0.3, -0.25) is 10.3 Å². The van der Waals surface area contributed by atoms with Gasteiger partial charge in [0.05, 0.1) is 0 Å². The number of anilines is 1. The van der Waals surface area contributed by atoms with Gasteiger partial charge in [0.25, 0.3) is 0 Å². The Labute approximate surface area is 120 Å². The van der Waals surface area contributed by atoms with Crippen LogP contribution in [0.25, 0.3) is 0 Å². The molecule has 1 aliphatic heterocycles. The third-order valence-electron chi connectivity index (χ3n) is 3.14. The number of amides is 1. The first-order chi connectivity index (χ1) is 9.44. The Morgan fingerprint density at radius 1 is 1.50 bits per heavy atom. The van der Waals surface area contributed by atoms with Crippen molar-refractivity contribution in [3.63, 3.8) is 0 Å². The zero-order chi connectivity index (χ0) is 14.6. The predicted octanol–water partition coefficient (Wildman–Crippen LogP) is 2.90. The fourth-order valence-corrected chi connectivity index (χ4v) is 2.28. The van der Waals surface area contributed by atoms with Crippen LogP contribution >= 0.6 is 0 Å². The average Bonchev–Trinajstić information content (AvgIpc) is 2.38. The molecular formula is C15H23N3O2. The zero-order valence-electron chi connectivity index (χ0n) is 12.4. The summed E-state index contributed by atoms with van der Waals surface area (Å²) in [6, 6.07) is 3.71. The predicted molar refractivity (Wildman–Crippen MR) is 78.9 cm³/mol. The molecule has 1 saturated heterocycles. The third-order valence-corrected chi connectivity index (χ3v) is 3.14. The van der Waals surface area contributed by atoms with Crippen LogP contribution in [0.15, 0.2) is 18.3 Å². The van der Waals surface area contributed by atoms with Gasteiger partial charge in [-0.1, -0.05) is 0 Å². The van der Waals surface area contributed by atoms with E-state index in [4.69, 9.17) is 4.74 Å². The van der Waals surface area contributed by atoms with Crippen LogP contribution in [0.1, 0.15) is 45.2 Å². The van der Waals surface area contributed by atoms with Crippen LogP contribution in [0, 0.1) is 0 Å². The summed E-state index contributed by atoms with van der Waals surface area (Å²) in [6.07, 6.45) is 3.60. The summed E-state index contributed by atoms with van der Waals surface area (Å²) in [6.45, 7) is 7.56. The van der Waals surface area contributed by atoms with Gasteiger partial charge in [-0.05, 0) is 52.3 Å². The molecule has 0 aromatic carbocycles. The van der Waals surface area contributed by atoms with E-state index in [1.165, 1.54) is 0 Å². The van der Waals surface area contributed by atoms with Crippen LogP contribution in [0.3, 0.4) is 0 Å². The van der Waals surface area contributed by atoms with Crippen LogP contribution in [0.2, 0.25) is 0 Å². The number of rotatable bonds is 2. The molecule has 1 atom stereocenters. The van der Waals surface area contributed by atoms with Crippen molar-refractivity contribution in [2.75, 3.05) is 18.4 Å². The van der Waals surface area contributed by atoms with Crippen molar-refractivity contribution < 1.29 is 9.53 Å². The monoisotopic (exact) mass is 277 g/mol. The molecule has 2 heterocycles. The van der Waals surface area contributed by atoms with Crippen molar-refractivity contribution >= 4 is 11.8 Å². The minimum atomic E-state index is -0.493. The second-order valence-electron chi connectivity index (χ2n) is 6.14. The van der Waals surface area contributed by atoms with Crippen molar-refractivity contribution in [2.24, 2.45) is 0 Å². The molecule has 5 nitrogen and oxygen atoms in total. The molecule has 0 radical (unpaired) electrons. The topological polar surface area (TPSA) is 63.2 Å². The number of ether oxygens (including phenoxy) is 1. The van der Waals surface area contributed by atoms with Gasteiger partial charge >= 0.3 is 6.09 Å². The first-order valence-electron chi connectivity index (χ1n) is 7.11. The molecule has 20 heavy (non-hydrogen) atoms. The van der Waals surface area contributed by atoms with Gasteiger partial charge in [0.1, 0.15) is 5.60 Å². The van der Waals surface area contributed by atoms with E-state index < -0.39 is 11.7 Å². The Morgan fingerprint density at radius 2 is 2.30 bits per heavy atom. The van der Waals surface area contributed by atoms with Crippen molar-refractivity contribution in [1.29, 1.82) is 0 Å². The van der Waals surface area contributed by atoms with Gasteiger partial charge in [0, 0.05) is 30.0 Å². The molecule has 1 fully saturated rings. The molecule has 1 aliphatic rings. The van der Waals surface area contributed by atoms with Crippen LogP contribution in [0.4, 0.5) is 10.5 Å². The molecule has 1 unspecified atom stereocenters. The number of aromatic nitrogens is 1. The molecular weight excluding hydrogens is 254 g/mol. The second-order valence-corrected chi connectivity index (χ2v) is 6.14. The maximum Gasteiger partial charge on any atom is 0.412 e. The number of hydrogen-bond donors (Lipinski definition) is 2.